The van der Waals surface area contributed by atoms with Crippen LogP contribution in [0.2, 0.25) is 0 Å². The summed E-state index contributed by atoms with van der Waals surface area (Å²) in [6.07, 6.45) is 0. The molecule has 0 amide bonds. The maximum Gasteiger partial charge on any atom is 2.00 e. The molecule has 14 heavy (non-hydrogen) atoms. The minimum atomic E-state index is 0. The topological polar surface area (TPSA) is 0 Å². The van der Waals surface area contributed by atoms with Crippen LogP contribution in [0.3, 0.4) is 0 Å². The van der Waals surface area contributed by atoms with Crippen molar-refractivity contribution in [3.63, 3.8) is 0 Å². The van der Waals surface area contributed by atoms with Gasteiger partial charge in [0.2, 0.25) is 0 Å². The van der Waals surface area contributed by atoms with Crippen LogP contribution in [-0.2, 0) is 16.8 Å². The average Bonchev–Trinajstić information content (AvgIpc) is 2.59. The normalized spacial score (nSPS) is 9.00. The second kappa shape index (κ2) is 9.16. The predicted octanol–water partition coefficient (Wildman–Crippen LogP) is 4.06. The monoisotopic (exact) mass is 235 g/mol. The molecule has 81 valence electrons. The van der Waals surface area contributed by atoms with E-state index < -0.39 is 0 Å². The van der Waals surface area contributed by atoms with Crippen molar-refractivity contribution in [2.45, 2.75) is 27.7 Å². The van der Waals surface area contributed by atoms with Crippen LogP contribution in [0.4, 0.5) is 0 Å². The first-order valence-corrected chi connectivity index (χ1v) is 4.84. The molecule has 0 heterocycles. The maximum atomic E-state index is 5.68. The van der Waals surface area contributed by atoms with Gasteiger partial charge in [-0.2, -0.15) is 18.2 Å². The number of allylic oxidation sites excluding steroid dienone is 1. The summed E-state index contributed by atoms with van der Waals surface area (Å²) in [4.78, 5) is 0. The summed E-state index contributed by atoms with van der Waals surface area (Å²) in [5, 5.41) is 0. The third-order valence-corrected chi connectivity index (χ3v) is 1.89. The van der Waals surface area contributed by atoms with Gasteiger partial charge in [-0.25, -0.2) is 12.1 Å². The van der Waals surface area contributed by atoms with E-state index in [0.29, 0.717) is 11.8 Å². The fraction of sp³-hybridized carbons (Fsp3) is 0.462. The number of hydrogen-bond donors (Lipinski definition) is 0. The molecular formula is C13H20Co. The molecule has 0 aromatic heterocycles. The van der Waals surface area contributed by atoms with Crippen molar-refractivity contribution in [2.24, 2.45) is 11.8 Å². The van der Waals surface area contributed by atoms with Crippen LogP contribution in [0, 0.1) is 18.4 Å². The summed E-state index contributed by atoms with van der Waals surface area (Å²) >= 11 is 0. The zero-order valence-corrected chi connectivity index (χ0v) is 10.5. The van der Waals surface area contributed by atoms with E-state index in [1.54, 1.807) is 0 Å². The van der Waals surface area contributed by atoms with Crippen molar-refractivity contribution in [3.05, 3.63) is 42.5 Å². The van der Waals surface area contributed by atoms with Crippen LogP contribution in [0.15, 0.2) is 35.9 Å². The van der Waals surface area contributed by atoms with Gasteiger partial charge >= 0.3 is 16.8 Å². The number of hydrogen-bond acceptors (Lipinski definition) is 0. The van der Waals surface area contributed by atoms with E-state index in [1.165, 1.54) is 0 Å². The van der Waals surface area contributed by atoms with Gasteiger partial charge in [0.25, 0.3) is 0 Å². The molecule has 0 N–H and O–H groups in total. The summed E-state index contributed by atoms with van der Waals surface area (Å²) < 4.78 is 0. The second-order valence-electron chi connectivity index (χ2n) is 3.77. The van der Waals surface area contributed by atoms with Crippen LogP contribution >= 0.6 is 0 Å². The molecule has 0 fully saturated rings. The molecule has 0 bridgehead atoms. The fourth-order valence-corrected chi connectivity index (χ4v) is 0.987. The Balaban J connectivity index is 0. The van der Waals surface area contributed by atoms with Crippen LogP contribution in [-0.4, -0.2) is 0 Å². The Morgan fingerprint density at radius 2 is 1.36 bits per heavy atom. The van der Waals surface area contributed by atoms with E-state index in [4.69, 9.17) is 6.58 Å². The molecule has 1 heteroatoms. The van der Waals surface area contributed by atoms with Gasteiger partial charge in [-0.15, -0.1) is 0 Å². The van der Waals surface area contributed by atoms with Crippen molar-refractivity contribution < 1.29 is 16.8 Å². The summed E-state index contributed by atoms with van der Waals surface area (Å²) in [6, 6.07) is 10.0. The first-order valence-electron chi connectivity index (χ1n) is 4.84. The Morgan fingerprint density at radius 1 is 1.00 bits per heavy atom. The van der Waals surface area contributed by atoms with E-state index in [9.17, 15) is 0 Å². The van der Waals surface area contributed by atoms with Gasteiger partial charge in [-0.3, -0.25) is 5.57 Å². The van der Waals surface area contributed by atoms with Gasteiger partial charge in [0.15, 0.2) is 0 Å². The molecular weight excluding hydrogens is 215 g/mol. The van der Waals surface area contributed by atoms with Crippen LogP contribution in [0.1, 0.15) is 27.7 Å². The molecule has 0 atom stereocenters. The van der Waals surface area contributed by atoms with Gasteiger partial charge in [0.05, 0.1) is 0 Å². The van der Waals surface area contributed by atoms with Crippen LogP contribution in [0.25, 0.3) is 0 Å². The summed E-state index contributed by atoms with van der Waals surface area (Å²) in [5.41, 5.74) is 1.10. The fourth-order valence-electron chi connectivity index (χ4n) is 0.987. The average molecular weight is 235 g/mol. The largest absolute Gasteiger partial charge is 2.00 e. The van der Waals surface area contributed by atoms with Gasteiger partial charge in [0.1, 0.15) is 0 Å². The standard InChI is InChI=1S/C8H15.C5H5.Co/c1-6(2)8(5)7(3)4;1-2-4-5-3-1;/h5-7H,1-4H3;1-5H;/q2*-1;+2. The van der Waals surface area contributed by atoms with Crippen molar-refractivity contribution in [3.8, 4) is 0 Å². The minimum absolute atomic E-state index is 0. The van der Waals surface area contributed by atoms with Crippen molar-refractivity contribution in [1.29, 1.82) is 0 Å². The van der Waals surface area contributed by atoms with E-state index in [1.807, 2.05) is 30.3 Å². The Morgan fingerprint density at radius 3 is 1.43 bits per heavy atom. The Labute approximate surface area is 99.0 Å². The van der Waals surface area contributed by atoms with Crippen molar-refractivity contribution in [2.75, 3.05) is 0 Å². The first kappa shape index (κ1) is 16.0. The molecule has 1 aromatic carbocycles. The maximum absolute atomic E-state index is 5.68. The molecule has 0 aliphatic heterocycles. The Hall–Kier alpha value is -0.404. The van der Waals surface area contributed by atoms with Crippen LogP contribution in [0.5, 0.6) is 0 Å². The quantitative estimate of drug-likeness (QED) is 0.678. The van der Waals surface area contributed by atoms with Gasteiger partial charge in [-0.1, -0.05) is 39.5 Å². The summed E-state index contributed by atoms with van der Waals surface area (Å²) in [7, 11) is 0. The molecule has 0 aliphatic rings. The third-order valence-electron chi connectivity index (χ3n) is 1.89. The predicted molar refractivity (Wildman–Crippen MR) is 59.5 cm³/mol. The third kappa shape index (κ3) is 8.21. The van der Waals surface area contributed by atoms with E-state index in [2.05, 4.69) is 27.7 Å². The zero-order chi connectivity index (χ0) is 10.3. The van der Waals surface area contributed by atoms with Gasteiger partial charge in [-0.05, 0) is 0 Å². The van der Waals surface area contributed by atoms with E-state index in [-0.39, 0.29) is 16.8 Å². The van der Waals surface area contributed by atoms with Crippen molar-refractivity contribution in [1.82, 2.24) is 0 Å². The molecule has 0 unspecified atom stereocenters. The number of rotatable bonds is 2. The van der Waals surface area contributed by atoms with E-state index in [0.717, 1.165) is 5.57 Å². The molecule has 1 radical (unpaired) electrons. The molecule has 0 nitrogen and oxygen atoms in total. The molecule has 0 spiro atoms. The smallest absolute Gasteiger partial charge is 0.514 e. The zero-order valence-electron chi connectivity index (χ0n) is 9.45. The molecule has 0 saturated heterocycles. The Bertz CT molecular complexity index is 180. The second-order valence-corrected chi connectivity index (χ2v) is 3.77. The summed E-state index contributed by atoms with van der Waals surface area (Å²) in [6.45, 7) is 14.2. The molecule has 1 rings (SSSR count). The Kier molecular flexibility index (Phi) is 10.5. The molecule has 0 aliphatic carbocycles. The molecule has 0 saturated carbocycles. The van der Waals surface area contributed by atoms with Gasteiger partial charge < -0.3 is 6.58 Å². The SMILES string of the molecule is [CH-]=C(C(C)C)C(C)C.[Co+2].c1cc[cH-]c1. The van der Waals surface area contributed by atoms with E-state index >= 15 is 0 Å². The minimum Gasteiger partial charge on any atom is -0.514 e. The van der Waals surface area contributed by atoms with Crippen molar-refractivity contribution >= 4 is 0 Å². The summed E-state index contributed by atoms with van der Waals surface area (Å²) in [5.74, 6) is 1.07. The van der Waals surface area contributed by atoms with Crippen LogP contribution < -0.4 is 0 Å². The first-order chi connectivity index (χ1) is 6.05. The van der Waals surface area contributed by atoms with Gasteiger partial charge in [0, 0.05) is 0 Å². The molecule has 1 aromatic rings.